The predicted molar refractivity (Wildman–Crippen MR) is 72.9 cm³/mol. The molecular weight excluding hydrogens is 310 g/mol. The first-order chi connectivity index (χ1) is 9.63. The summed E-state index contributed by atoms with van der Waals surface area (Å²) in [6.45, 7) is 3.58. The molecule has 0 bridgehead atoms. The summed E-state index contributed by atoms with van der Waals surface area (Å²) in [5.74, 6) is -1.78. The largest absolute Gasteiger partial charge is 0.419 e. The number of hydrogen-bond acceptors (Lipinski definition) is 1. The number of carbonyl (C=O) groups is 1. The molecule has 0 aliphatic heterocycles. The maximum atomic E-state index is 13.2. The smallest absolute Gasteiger partial charge is 0.347 e. The van der Waals surface area contributed by atoms with Crippen molar-refractivity contribution in [2.75, 3.05) is 5.88 Å². The second-order valence-corrected chi connectivity index (χ2v) is 5.38. The topological polar surface area (TPSA) is 29.1 Å². The highest BCUT2D eigenvalue weighted by molar-refractivity contribution is 6.17. The van der Waals surface area contributed by atoms with Crippen molar-refractivity contribution in [1.82, 2.24) is 5.32 Å². The lowest BCUT2D eigenvalue weighted by atomic mass is 9.94. The van der Waals surface area contributed by atoms with E-state index in [9.17, 15) is 22.4 Å². The molecule has 1 rings (SSSR count). The third kappa shape index (κ3) is 4.59. The van der Waals surface area contributed by atoms with Crippen LogP contribution < -0.4 is 5.32 Å². The summed E-state index contributed by atoms with van der Waals surface area (Å²) in [6, 6.07) is 2.18. The fourth-order valence-corrected chi connectivity index (χ4v) is 2.18. The molecule has 0 aromatic heterocycles. The highest BCUT2D eigenvalue weighted by Crippen LogP contribution is 2.32. The molecule has 1 atom stereocenters. The number of amides is 1. The van der Waals surface area contributed by atoms with Crippen LogP contribution in [0.1, 0.15) is 42.6 Å². The molecule has 0 saturated carbocycles. The summed E-state index contributed by atoms with van der Waals surface area (Å²) in [7, 11) is 0. The second kappa shape index (κ2) is 6.64. The number of carbonyl (C=O) groups excluding carboxylic acids is 1. The quantitative estimate of drug-likeness (QED) is 0.632. The van der Waals surface area contributed by atoms with Crippen LogP contribution in [0.4, 0.5) is 17.6 Å². The molecule has 0 radical (unpaired) electrons. The summed E-state index contributed by atoms with van der Waals surface area (Å²) in [5.41, 5.74) is -2.31. The van der Waals surface area contributed by atoms with Crippen LogP contribution in [0.15, 0.2) is 18.2 Å². The summed E-state index contributed by atoms with van der Waals surface area (Å²) < 4.78 is 51.1. The third-order valence-corrected chi connectivity index (χ3v) is 3.56. The lowest BCUT2D eigenvalue weighted by molar-refractivity contribution is -0.140. The number of benzene rings is 1. The van der Waals surface area contributed by atoms with Crippen molar-refractivity contribution in [3.8, 4) is 0 Å². The monoisotopic (exact) mass is 325 g/mol. The molecule has 1 aromatic rings. The zero-order valence-corrected chi connectivity index (χ0v) is 12.4. The Balaban J connectivity index is 3.04. The Kier molecular flexibility index (Phi) is 5.61. The number of halogens is 5. The summed E-state index contributed by atoms with van der Waals surface area (Å²) in [4.78, 5) is 12.0. The molecule has 7 heteroatoms. The van der Waals surface area contributed by atoms with E-state index in [1.165, 1.54) is 0 Å². The second-order valence-electron chi connectivity index (χ2n) is 5.00. The maximum absolute atomic E-state index is 13.2. The van der Waals surface area contributed by atoms with Gasteiger partial charge in [0.25, 0.3) is 5.91 Å². The Morgan fingerprint density at radius 3 is 2.43 bits per heavy atom. The lowest BCUT2D eigenvalue weighted by Gasteiger charge is -2.29. The molecule has 0 saturated heterocycles. The minimum absolute atomic E-state index is 0.238. The molecular formula is C14H16ClF4NO. The van der Waals surface area contributed by atoms with Gasteiger partial charge < -0.3 is 5.32 Å². The maximum Gasteiger partial charge on any atom is 0.419 e. The van der Waals surface area contributed by atoms with E-state index >= 15 is 0 Å². The van der Waals surface area contributed by atoms with E-state index in [0.717, 1.165) is 6.07 Å². The molecule has 1 amide bonds. The number of alkyl halides is 4. The van der Waals surface area contributed by atoms with E-state index in [1.807, 2.05) is 6.92 Å². The van der Waals surface area contributed by atoms with Crippen LogP contribution in [0.25, 0.3) is 0 Å². The van der Waals surface area contributed by atoms with Crippen LogP contribution in [-0.2, 0) is 6.18 Å². The van der Waals surface area contributed by atoms with Gasteiger partial charge >= 0.3 is 6.18 Å². The van der Waals surface area contributed by atoms with Crippen molar-refractivity contribution in [2.45, 2.75) is 38.4 Å². The molecule has 1 N–H and O–H groups in total. The highest BCUT2D eigenvalue weighted by atomic mass is 35.5. The van der Waals surface area contributed by atoms with E-state index in [2.05, 4.69) is 5.32 Å². The Morgan fingerprint density at radius 1 is 1.33 bits per heavy atom. The first kappa shape index (κ1) is 17.8. The highest BCUT2D eigenvalue weighted by Gasteiger charge is 2.35. The van der Waals surface area contributed by atoms with Crippen LogP contribution in [0, 0.1) is 5.82 Å². The molecule has 1 aromatic carbocycles. The van der Waals surface area contributed by atoms with Crippen molar-refractivity contribution < 1.29 is 22.4 Å². The first-order valence-electron chi connectivity index (χ1n) is 6.38. The standard InChI is InChI=1S/C14H16ClF4NO/c1-3-13(2,6-7-15)20-12(21)9-4-5-11(16)10(8-9)14(17,18)19/h4-5,8H,3,6-7H2,1-2H3,(H,20,21). The molecule has 0 spiro atoms. The van der Waals surface area contributed by atoms with E-state index in [1.54, 1.807) is 6.92 Å². The first-order valence-corrected chi connectivity index (χ1v) is 6.91. The van der Waals surface area contributed by atoms with Gasteiger partial charge in [0.15, 0.2) is 0 Å². The Morgan fingerprint density at radius 2 is 1.95 bits per heavy atom. The van der Waals surface area contributed by atoms with Crippen LogP contribution >= 0.6 is 11.6 Å². The molecule has 0 aliphatic carbocycles. The van der Waals surface area contributed by atoms with Crippen molar-refractivity contribution in [1.29, 1.82) is 0 Å². The minimum atomic E-state index is -4.84. The zero-order valence-electron chi connectivity index (χ0n) is 11.7. The van der Waals surface area contributed by atoms with Crippen LogP contribution in [0.5, 0.6) is 0 Å². The van der Waals surface area contributed by atoms with Gasteiger partial charge in [-0.25, -0.2) is 4.39 Å². The SMILES string of the molecule is CCC(C)(CCCl)NC(=O)c1ccc(F)c(C(F)(F)F)c1. The van der Waals surface area contributed by atoms with Crippen LogP contribution in [0.2, 0.25) is 0 Å². The molecule has 0 fully saturated rings. The van der Waals surface area contributed by atoms with Crippen molar-refractivity contribution in [2.24, 2.45) is 0 Å². The van der Waals surface area contributed by atoms with Crippen LogP contribution in [0.3, 0.4) is 0 Å². The van der Waals surface area contributed by atoms with Gasteiger partial charge in [-0.15, -0.1) is 11.6 Å². The summed E-state index contributed by atoms with van der Waals surface area (Å²) >= 11 is 5.65. The van der Waals surface area contributed by atoms with Crippen molar-refractivity contribution in [3.63, 3.8) is 0 Å². The predicted octanol–water partition coefficient (Wildman–Crippen LogP) is 4.37. The summed E-state index contributed by atoms with van der Waals surface area (Å²) in [6.07, 6.45) is -3.80. The number of rotatable bonds is 5. The van der Waals surface area contributed by atoms with E-state index in [-0.39, 0.29) is 5.56 Å². The van der Waals surface area contributed by atoms with Gasteiger partial charge in [0.05, 0.1) is 5.56 Å². The Hall–Kier alpha value is -1.30. The van der Waals surface area contributed by atoms with Gasteiger partial charge in [-0.1, -0.05) is 6.92 Å². The van der Waals surface area contributed by atoms with Crippen molar-refractivity contribution >= 4 is 17.5 Å². The number of hydrogen-bond donors (Lipinski definition) is 1. The Labute approximate surface area is 125 Å². The van der Waals surface area contributed by atoms with E-state index < -0.39 is 29.0 Å². The average Bonchev–Trinajstić information content (AvgIpc) is 2.38. The minimum Gasteiger partial charge on any atom is -0.347 e. The zero-order chi connectivity index (χ0) is 16.3. The number of nitrogens with one attached hydrogen (secondary N) is 1. The van der Waals surface area contributed by atoms with Crippen LogP contribution in [-0.4, -0.2) is 17.3 Å². The normalized spacial score (nSPS) is 14.6. The average molecular weight is 326 g/mol. The fourth-order valence-electron chi connectivity index (χ4n) is 1.77. The third-order valence-electron chi connectivity index (χ3n) is 3.38. The molecule has 0 aliphatic rings. The molecule has 2 nitrogen and oxygen atoms in total. The summed E-state index contributed by atoms with van der Waals surface area (Å²) in [5, 5.41) is 2.65. The van der Waals surface area contributed by atoms with Gasteiger partial charge in [-0.2, -0.15) is 13.2 Å². The Bertz CT molecular complexity index is 518. The lowest BCUT2D eigenvalue weighted by Crippen LogP contribution is -2.45. The molecule has 1 unspecified atom stereocenters. The van der Waals surface area contributed by atoms with Gasteiger partial charge in [0.1, 0.15) is 5.82 Å². The van der Waals surface area contributed by atoms with Gasteiger partial charge in [-0.05, 0) is 38.0 Å². The van der Waals surface area contributed by atoms with E-state index in [4.69, 9.17) is 11.6 Å². The molecule has 0 heterocycles. The van der Waals surface area contributed by atoms with Gasteiger partial charge in [0.2, 0.25) is 0 Å². The molecule has 118 valence electrons. The fraction of sp³-hybridized carbons (Fsp3) is 0.500. The van der Waals surface area contributed by atoms with Gasteiger partial charge in [0, 0.05) is 17.0 Å². The molecule has 21 heavy (non-hydrogen) atoms. The van der Waals surface area contributed by atoms with Gasteiger partial charge in [-0.3, -0.25) is 4.79 Å². The van der Waals surface area contributed by atoms with Crippen molar-refractivity contribution in [3.05, 3.63) is 35.1 Å². The van der Waals surface area contributed by atoms with E-state index in [0.29, 0.717) is 30.9 Å².